The van der Waals surface area contributed by atoms with Crippen molar-refractivity contribution in [3.05, 3.63) is 74.7 Å². The maximum Gasteiger partial charge on any atom is 0.274 e. The van der Waals surface area contributed by atoms with E-state index in [2.05, 4.69) is 25.7 Å². The highest BCUT2D eigenvalue weighted by Crippen LogP contribution is 2.29. The Balaban J connectivity index is 1.70. The van der Waals surface area contributed by atoms with Gasteiger partial charge in [0.25, 0.3) is 5.56 Å². The third kappa shape index (κ3) is 5.55. The second-order valence-electron chi connectivity index (χ2n) is 5.98. The Morgan fingerprint density at radius 2 is 2.00 bits per heavy atom. The van der Waals surface area contributed by atoms with E-state index in [4.69, 9.17) is 21.1 Å². The van der Waals surface area contributed by atoms with Crippen LogP contribution in [0.5, 0.6) is 11.5 Å². The molecule has 0 aliphatic heterocycles. The van der Waals surface area contributed by atoms with Gasteiger partial charge in [0.1, 0.15) is 12.3 Å². The average Bonchev–Trinajstić information content (AvgIpc) is 2.71. The lowest BCUT2D eigenvalue weighted by molar-refractivity contribution is 0.269. The van der Waals surface area contributed by atoms with Crippen LogP contribution >= 0.6 is 11.6 Å². The number of hydrogen-bond acceptors (Lipinski definition) is 7. The molecule has 0 radical (unpaired) electrons. The Morgan fingerprint density at radius 3 is 2.76 bits per heavy atom. The molecule has 0 aliphatic rings. The zero-order valence-electron chi connectivity index (χ0n) is 16.0. The zero-order valence-corrected chi connectivity index (χ0v) is 16.7. The van der Waals surface area contributed by atoms with Crippen LogP contribution in [0.4, 0.5) is 5.95 Å². The van der Waals surface area contributed by atoms with Crippen LogP contribution in [0.2, 0.25) is 5.02 Å². The van der Waals surface area contributed by atoms with E-state index in [0.717, 1.165) is 11.1 Å². The highest BCUT2D eigenvalue weighted by molar-refractivity contribution is 6.31. The summed E-state index contributed by atoms with van der Waals surface area (Å²) in [5.74, 6) is 1.35. The van der Waals surface area contributed by atoms with Gasteiger partial charge in [-0.05, 0) is 43.7 Å². The van der Waals surface area contributed by atoms with Crippen LogP contribution in [0.3, 0.4) is 0 Å². The lowest BCUT2D eigenvalue weighted by atomic mass is 10.2. The molecular formula is C20H20ClN5O3. The van der Waals surface area contributed by atoms with Gasteiger partial charge in [-0.1, -0.05) is 29.8 Å². The van der Waals surface area contributed by atoms with Crippen molar-refractivity contribution in [1.29, 1.82) is 0 Å². The lowest BCUT2D eigenvalue weighted by Crippen LogP contribution is -2.15. The molecule has 0 saturated heterocycles. The number of aromatic amines is 1. The van der Waals surface area contributed by atoms with Crippen molar-refractivity contribution in [3.63, 3.8) is 0 Å². The van der Waals surface area contributed by atoms with Crippen LogP contribution in [0.15, 0.2) is 52.4 Å². The van der Waals surface area contributed by atoms with Crippen molar-refractivity contribution < 1.29 is 9.47 Å². The topological polar surface area (TPSA) is 101 Å². The van der Waals surface area contributed by atoms with Crippen LogP contribution in [0.25, 0.3) is 0 Å². The number of nitrogens with zero attached hydrogens (tertiary/aromatic N) is 3. The SMILES string of the molecule is CCOc1cc(/C=N/Nc2nnc(C)c(=O)[nH]2)ccc1OCc1ccccc1Cl. The molecule has 0 atom stereocenters. The molecule has 0 unspecified atom stereocenters. The van der Waals surface area contributed by atoms with Gasteiger partial charge in [-0.15, -0.1) is 10.2 Å². The summed E-state index contributed by atoms with van der Waals surface area (Å²) in [6.07, 6.45) is 1.57. The zero-order chi connectivity index (χ0) is 20.6. The van der Waals surface area contributed by atoms with E-state index in [0.29, 0.717) is 29.7 Å². The molecule has 3 aromatic rings. The fraction of sp³-hybridized carbons (Fsp3) is 0.200. The van der Waals surface area contributed by atoms with Crippen LogP contribution in [0, 0.1) is 6.92 Å². The second kappa shape index (κ2) is 9.70. The molecule has 0 bridgehead atoms. The summed E-state index contributed by atoms with van der Waals surface area (Å²) in [5.41, 5.74) is 4.26. The first-order chi connectivity index (χ1) is 14.1. The van der Waals surface area contributed by atoms with Gasteiger partial charge in [-0.3, -0.25) is 9.78 Å². The number of halogens is 1. The van der Waals surface area contributed by atoms with Gasteiger partial charge in [0.15, 0.2) is 11.5 Å². The summed E-state index contributed by atoms with van der Waals surface area (Å²) < 4.78 is 11.6. The molecule has 2 aromatic carbocycles. The third-order valence-electron chi connectivity index (χ3n) is 3.85. The Bertz CT molecular complexity index is 1070. The fourth-order valence-corrected chi connectivity index (χ4v) is 2.57. The number of nitrogens with one attached hydrogen (secondary N) is 2. The molecule has 2 N–H and O–H groups in total. The Morgan fingerprint density at radius 1 is 1.17 bits per heavy atom. The molecule has 0 aliphatic carbocycles. The number of aromatic nitrogens is 3. The standard InChI is InChI=1S/C20H20ClN5O3/c1-3-28-18-10-14(11-22-25-20-23-19(27)13(2)24-26-20)8-9-17(18)29-12-15-6-4-5-7-16(15)21/h4-11H,3,12H2,1-2H3,(H2,23,25,26,27)/b22-11+. The van der Waals surface area contributed by atoms with E-state index in [9.17, 15) is 4.79 Å². The molecule has 29 heavy (non-hydrogen) atoms. The minimum Gasteiger partial charge on any atom is -0.490 e. The normalized spacial score (nSPS) is 10.9. The number of H-pyrrole nitrogens is 1. The van der Waals surface area contributed by atoms with E-state index in [1.165, 1.54) is 0 Å². The molecule has 1 aromatic heterocycles. The molecule has 0 spiro atoms. The Labute approximate surface area is 172 Å². The first kappa shape index (κ1) is 20.3. The monoisotopic (exact) mass is 413 g/mol. The fourth-order valence-electron chi connectivity index (χ4n) is 2.38. The Kier molecular flexibility index (Phi) is 6.80. The van der Waals surface area contributed by atoms with Gasteiger partial charge in [-0.25, -0.2) is 5.43 Å². The number of aryl methyl sites for hydroxylation is 1. The van der Waals surface area contributed by atoms with Gasteiger partial charge < -0.3 is 9.47 Å². The maximum atomic E-state index is 11.5. The average molecular weight is 414 g/mol. The molecular weight excluding hydrogens is 394 g/mol. The number of anilines is 1. The van der Waals surface area contributed by atoms with Crippen LogP contribution in [-0.2, 0) is 6.61 Å². The van der Waals surface area contributed by atoms with Crippen molar-refractivity contribution in [2.24, 2.45) is 5.10 Å². The molecule has 8 nitrogen and oxygen atoms in total. The summed E-state index contributed by atoms with van der Waals surface area (Å²) in [4.78, 5) is 14.1. The van der Waals surface area contributed by atoms with E-state index < -0.39 is 0 Å². The molecule has 0 saturated carbocycles. The number of rotatable bonds is 8. The van der Waals surface area contributed by atoms with Crippen molar-refractivity contribution >= 4 is 23.8 Å². The van der Waals surface area contributed by atoms with Crippen molar-refractivity contribution in [2.45, 2.75) is 20.5 Å². The predicted molar refractivity (Wildman–Crippen MR) is 112 cm³/mol. The van der Waals surface area contributed by atoms with E-state index in [1.54, 1.807) is 25.3 Å². The first-order valence-corrected chi connectivity index (χ1v) is 9.30. The Hall–Kier alpha value is -3.39. The van der Waals surface area contributed by atoms with Gasteiger partial charge in [-0.2, -0.15) is 5.10 Å². The molecule has 3 rings (SSSR count). The number of ether oxygens (including phenoxy) is 2. The number of benzene rings is 2. The third-order valence-corrected chi connectivity index (χ3v) is 4.22. The lowest BCUT2D eigenvalue weighted by Gasteiger charge is -2.13. The summed E-state index contributed by atoms with van der Waals surface area (Å²) in [5, 5.41) is 12.2. The van der Waals surface area contributed by atoms with Crippen molar-refractivity contribution in [2.75, 3.05) is 12.0 Å². The summed E-state index contributed by atoms with van der Waals surface area (Å²) in [7, 11) is 0. The second-order valence-corrected chi connectivity index (χ2v) is 6.38. The van der Waals surface area contributed by atoms with Gasteiger partial charge >= 0.3 is 0 Å². The number of hydrogen-bond donors (Lipinski definition) is 2. The summed E-state index contributed by atoms with van der Waals surface area (Å²) >= 11 is 6.18. The largest absolute Gasteiger partial charge is 0.490 e. The van der Waals surface area contributed by atoms with Crippen LogP contribution in [0.1, 0.15) is 23.7 Å². The van der Waals surface area contributed by atoms with Gasteiger partial charge in [0.2, 0.25) is 5.95 Å². The van der Waals surface area contributed by atoms with E-state index in [1.807, 2.05) is 37.3 Å². The van der Waals surface area contributed by atoms with Crippen molar-refractivity contribution in [1.82, 2.24) is 15.2 Å². The predicted octanol–water partition coefficient (Wildman–Crippen LogP) is 3.55. The quantitative estimate of drug-likeness (QED) is 0.432. The summed E-state index contributed by atoms with van der Waals surface area (Å²) in [6.45, 7) is 4.28. The number of hydrazone groups is 1. The maximum absolute atomic E-state index is 11.5. The highest BCUT2D eigenvalue weighted by Gasteiger charge is 2.08. The molecule has 1 heterocycles. The van der Waals surface area contributed by atoms with E-state index >= 15 is 0 Å². The molecule has 0 amide bonds. The minimum absolute atomic E-state index is 0.154. The van der Waals surface area contributed by atoms with Crippen LogP contribution in [-0.4, -0.2) is 28.0 Å². The highest BCUT2D eigenvalue weighted by atomic mass is 35.5. The molecule has 150 valence electrons. The van der Waals surface area contributed by atoms with Gasteiger partial charge in [0.05, 0.1) is 12.8 Å². The molecule has 9 heteroatoms. The first-order valence-electron chi connectivity index (χ1n) is 8.92. The summed E-state index contributed by atoms with van der Waals surface area (Å²) in [6, 6.07) is 13.0. The van der Waals surface area contributed by atoms with Crippen LogP contribution < -0.4 is 20.5 Å². The van der Waals surface area contributed by atoms with Crippen molar-refractivity contribution in [3.8, 4) is 11.5 Å². The minimum atomic E-state index is -0.323. The van der Waals surface area contributed by atoms with Gasteiger partial charge in [0, 0.05) is 10.6 Å². The smallest absolute Gasteiger partial charge is 0.274 e. The van der Waals surface area contributed by atoms with E-state index in [-0.39, 0.29) is 17.2 Å². The molecule has 0 fully saturated rings.